The van der Waals surface area contributed by atoms with E-state index in [1.807, 2.05) is 48.0 Å². The summed E-state index contributed by atoms with van der Waals surface area (Å²) in [5, 5.41) is 23.5. The summed E-state index contributed by atoms with van der Waals surface area (Å²) >= 11 is 0. The van der Waals surface area contributed by atoms with E-state index in [9.17, 15) is 5.11 Å². The Morgan fingerprint density at radius 1 is 0.356 bits per heavy atom. The average Bonchev–Trinajstić information content (AvgIpc) is 3.95. The third-order valence-corrected chi connectivity index (χ3v) is 12.0. The van der Waals surface area contributed by atoms with Crippen LogP contribution in [0.1, 0.15) is 0 Å². The van der Waals surface area contributed by atoms with Gasteiger partial charge in [-0.15, -0.1) is 0 Å². The maximum Gasteiger partial charge on any atom is 0.164 e. The summed E-state index contributed by atoms with van der Waals surface area (Å²) in [7, 11) is 2.01. The van der Waals surface area contributed by atoms with E-state index >= 15 is 0 Å². The van der Waals surface area contributed by atoms with Gasteiger partial charge in [0, 0.05) is 50.8 Å². The zero-order valence-electron chi connectivity index (χ0n) is 31.6. The van der Waals surface area contributed by atoms with Crippen LogP contribution in [0.2, 0.25) is 0 Å². The SMILES string of the molecule is Cn1c2nc3nc(nc4c5cc6ccccc6cc5c(nc5nc(nc1c1cc6ccccc6cc12)-c1cc2ccccc2cc1-5)n4CO)-c1cc2ccccc2cc1-3. The number of fused-ring (bicyclic) bond motifs is 24. The fourth-order valence-corrected chi connectivity index (χ4v) is 9.12. The molecular weight excluding hydrogens is 729 g/mol. The van der Waals surface area contributed by atoms with Crippen LogP contribution < -0.4 is 0 Å². The van der Waals surface area contributed by atoms with E-state index in [1.165, 1.54) is 0 Å². The number of aryl methyl sites for hydroxylation is 1. The first-order valence-electron chi connectivity index (χ1n) is 19.6. The van der Waals surface area contributed by atoms with Gasteiger partial charge in [-0.3, -0.25) is 4.57 Å². The van der Waals surface area contributed by atoms with Crippen molar-refractivity contribution in [2.45, 2.75) is 6.73 Å². The van der Waals surface area contributed by atoms with Gasteiger partial charge < -0.3 is 9.67 Å². The molecule has 2 aliphatic heterocycles. The van der Waals surface area contributed by atoms with Gasteiger partial charge in [-0.25, -0.2) is 29.9 Å². The highest BCUT2D eigenvalue weighted by Gasteiger charge is 2.25. The Morgan fingerprint density at radius 3 is 0.898 bits per heavy atom. The highest BCUT2D eigenvalue weighted by molar-refractivity contribution is 6.13. The van der Waals surface area contributed by atoms with Crippen molar-refractivity contribution in [1.82, 2.24) is 39.0 Å². The number of aliphatic hydroxyl groups excluding tert-OH is 1. The third kappa shape index (κ3) is 4.64. The minimum atomic E-state index is -0.371. The Labute approximate surface area is 335 Å². The Balaban J connectivity index is 1.28. The van der Waals surface area contributed by atoms with Crippen LogP contribution in [0, 0.1) is 0 Å². The molecule has 13 rings (SSSR count). The lowest BCUT2D eigenvalue weighted by molar-refractivity contribution is 0.218. The van der Waals surface area contributed by atoms with Crippen molar-refractivity contribution >= 4 is 87.2 Å². The maximum absolute atomic E-state index is 11.3. The largest absolute Gasteiger partial charge is 0.376 e. The Bertz CT molecular complexity index is 3620. The summed E-state index contributed by atoms with van der Waals surface area (Å²) in [6.07, 6.45) is 0. The third-order valence-electron chi connectivity index (χ3n) is 12.0. The summed E-state index contributed by atoms with van der Waals surface area (Å²) < 4.78 is 3.81. The molecule has 11 aromatic rings. The van der Waals surface area contributed by atoms with Crippen molar-refractivity contribution in [3.63, 3.8) is 0 Å². The van der Waals surface area contributed by atoms with Crippen LogP contribution in [0.3, 0.4) is 0 Å². The van der Waals surface area contributed by atoms with Gasteiger partial charge in [0.05, 0.1) is 0 Å². The molecule has 0 aliphatic carbocycles. The maximum atomic E-state index is 11.3. The van der Waals surface area contributed by atoms with E-state index in [1.54, 1.807) is 4.57 Å². The van der Waals surface area contributed by atoms with Gasteiger partial charge in [0.1, 0.15) is 29.3 Å². The van der Waals surface area contributed by atoms with Crippen LogP contribution in [0.25, 0.3) is 133 Å². The van der Waals surface area contributed by atoms with Gasteiger partial charge in [-0.2, -0.15) is 0 Å². The highest BCUT2D eigenvalue weighted by Crippen LogP contribution is 2.41. The molecule has 276 valence electrons. The predicted octanol–water partition coefficient (Wildman–Crippen LogP) is 10.9. The molecule has 9 nitrogen and oxygen atoms in total. The lowest BCUT2D eigenvalue weighted by atomic mass is 10.0. The molecule has 0 atom stereocenters. The fourth-order valence-electron chi connectivity index (χ4n) is 9.12. The molecule has 5 heterocycles. The van der Waals surface area contributed by atoms with E-state index in [0.717, 1.165) is 98.2 Å². The first-order valence-corrected chi connectivity index (χ1v) is 19.6. The number of hydrogen-bond donors (Lipinski definition) is 1. The Morgan fingerprint density at radius 2 is 0.610 bits per heavy atom. The van der Waals surface area contributed by atoms with Gasteiger partial charge in [0.25, 0.3) is 0 Å². The summed E-state index contributed by atoms with van der Waals surface area (Å²) in [6.45, 7) is -0.371. The number of aliphatic hydroxyl groups is 1. The second-order valence-electron chi connectivity index (χ2n) is 15.4. The molecule has 0 saturated heterocycles. The van der Waals surface area contributed by atoms with E-state index in [4.69, 9.17) is 29.9 Å². The Kier molecular flexibility index (Phi) is 6.46. The van der Waals surface area contributed by atoms with Crippen molar-refractivity contribution in [2.75, 3.05) is 0 Å². The van der Waals surface area contributed by atoms with E-state index < -0.39 is 0 Å². The van der Waals surface area contributed by atoms with Gasteiger partial charge >= 0.3 is 0 Å². The average molecular weight is 759 g/mol. The topological polar surface area (TPSA) is 107 Å². The smallest absolute Gasteiger partial charge is 0.164 e. The van der Waals surface area contributed by atoms with Crippen LogP contribution in [0.15, 0.2) is 146 Å². The standard InChI is InChI=1S/C50H30N8O/c1-57-47-39-22-31-14-6-7-15-32(31)23-40(39)48(57)54-44-36-19-28-11-3-5-13-30(28)21-38(36)46(52-44)56-50-42-25-34-17-9-8-16-33(34)24-41(42)49(58(50)26-59)55-45-37-20-29-12-4-2-10-27(29)18-35(37)43(51-45)53-47/h2-25,59H,26H2,1H3. The summed E-state index contributed by atoms with van der Waals surface area (Å²) in [4.78, 5) is 32.1. The fraction of sp³-hybridized carbons (Fsp3) is 0.0400. The van der Waals surface area contributed by atoms with Gasteiger partial charge in [-0.1, -0.05) is 97.1 Å². The molecule has 2 aliphatic rings. The summed E-state index contributed by atoms with van der Waals surface area (Å²) in [5.41, 5.74) is 6.01. The predicted molar refractivity (Wildman–Crippen MR) is 237 cm³/mol. The monoisotopic (exact) mass is 758 g/mol. The molecule has 0 radical (unpaired) electrons. The molecule has 3 aromatic heterocycles. The molecule has 0 saturated carbocycles. The first-order chi connectivity index (χ1) is 29.1. The minimum Gasteiger partial charge on any atom is -0.376 e. The highest BCUT2D eigenvalue weighted by atomic mass is 16.3. The molecule has 0 spiro atoms. The van der Waals surface area contributed by atoms with Crippen LogP contribution in [0.5, 0.6) is 0 Å². The van der Waals surface area contributed by atoms with Gasteiger partial charge in [0.15, 0.2) is 23.3 Å². The normalized spacial score (nSPS) is 12.3. The van der Waals surface area contributed by atoms with Crippen molar-refractivity contribution in [3.05, 3.63) is 146 Å². The molecule has 9 heteroatoms. The summed E-state index contributed by atoms with van der Waals surface area (Å²) in [6, 6.07) is 50.4. The minimum absolute atomic E-state index is 0.371. The lowest BCUT2D eigenvalue weighted by Crippen LogP contribution is -1.99. The number of rotatable bonds is 1. The van der Waals surface area contributed by atoms with Gasteiger partial charge in [-0.05, 0) is 91.6 Å². The van der Waals surface area contributed by atoms with Crippen LogP contribution in [-0.2, 0) is 13.8 Å². The summed E-state index contributed by atoms with van der Waals surface area (Å²) in [5.74, 6) is 2.10. The molecule has 8 bridgehead atoms. The van der Waals surface area contributed by atoms with Crippen molar-refractivity contribution in [3.8, 4) is 45.6 Å². The first kappa shape index (κ1) is 32.2. The van der Waals surface area contributed by atoms with Gasteiger partial charge in [0.2, 0.25) is 0 Å². The molecule has 0 unspecified atom stereocenters. The molecule has 8 aromatic carbocycles. The van der Waals surface area contributed by atoms with Crippen LogP contribution >= 0.6 is 0 Å². The van der Waals surface area contributed by atoms with Crippen LogP contribution in [-0.4, -0.2) is 44.1 Å². The zero-order valence-corrected chi connectivity index (χ0v) is 31.6. The molecular formula is C50H30N8O. The molecule has 59 heavy (non-hydrogen) atoms. The van der Waals surface area contributed by atoms with Crippen molar-refractivity contribution < 1.29 is 5.11 Å². The zero-order chi connectivity index (χ0) is 38.9. The van der Waals surface area contributed by atoms with Crippen molar-refractivity contribution in [1.29, 1.82) is 0 Å². The van der Waals surface area contributed by atoms with E-state index in [-0.39, 0.29) is 6.73 Å². The van der Waals surface area contributed by atoms with Crippen molar-refractivity contribution in [2.24, 2.45) is 7.05 Å². The Hall–Kier alpha value is -7.88. The lowest BCUT2D eigenvalue weighted by Gasteiger charge is -2.04. The molecule has 1 N–H and O–H groups in total. The molecule has 0 fully saturated rings. The van der Waals surface area contributed by atoms with E-state index in [0.29, 0.717) is 34.6 Å². The second kappa shape index (κ2) is 11.8. The number of aromatic nitrogens is 8. The number of benzene rings is 8. The van der Waals surface area contributed by atoms with E-state index in [2.05, 4.69) is 109 Å². The van der Waals surface area contributed by atoms with Crippen LogP contribution in [0.4, 0.5) is 0 Å². The molecule has 0 amide bonds. The quantitative estimate of drug-likeness (QED) is 0.178. The second-order valence-corrected chi connectivity index (χ2v) is 15.4. The number of hydrogen-bond acceptors (Lipinski definition) is 7. The number of nitrogens with zero attached hydrogens (tertiary/aromatic N) is 8.